The minimum absolute atomic E-state index is 0.317. The Balaban J connectivity index is 1.62. The van der Waals surface area contributed by atoms with Gasteiger partial charge in [0.1, 0.15) is 17.5 Å². The Hall–Kier alpha value is -2.35. The van der Waals surface area contributed by atoms with Gasteiger partial charge in [-0.15, -0.1) is 0 Å². The summed E-state index contributed by atoms with van der Waals surface area (Å²) in [4.78, 5) is 31.0. The number of carbonyl (C=O) groups excluding carboxylic acids is 2. The average Bonchev–Trinajstić information content (AvgIpc) is 3.17. The highest BCUT2D eigenvalue weighted by molar-refractivity contribution is 5.97. The summed E-state index contributed by atoms with van der Waals surface area (Å²) in [5.41, 5.74) is 0.331. The maximum absolute atomic E-state index is 14.8. The first kappa shape index (κ1) is 23.3. The van der Waals surface area contributed by atoms with Gasteiger partial charge in [0.15, 0.2) is 0 Å². The van der Waals surface area contributed by atoms with Gasteiger partial charge in [0.2, 0.25) is 5.91 Å². The summed E-state index contributed by atoms with van der Waals surface area (Å²) in [6.45, 7) is 7.47. The van der Waals surface area contributed by atoms with Gasteiger partial charge in [-0.25, -0.2) is 9.18 Å². The molecule has 0 radical (unpaired) electrons. The summed E-state index contributed by atoms with van der Waals surface area (Å²) in [5, 5.41) is 2.77. The van der Waals surface area contributed by atoms with Crippen LogP contribution in [0.25, 0.3) is 0 Å². The lowest BCUT2D eigenvalue weighted by molar-refractivity contribution is -0.120. The van der Waals surface area contributed by atoms with Crippen molar-refractivity contribution in [2.24, 2.45) is 0 Å². The van der Waals surface area contributed by atoms with Gasteiger partial charge in [-0.3, -0.25) is 9.69 Å². The van der Waals surface area contributed by atoms with Gasteiger partial charge < -0.3 is 19.9 Å². The van der Waals surface area contributed by atoms with E-state index in [1.54, 1.807) is 32.9 Å². The smallest absolute Gasteiger partial charge is 0.410 e. The first-order chi connectivity index (χ1) is 14.5. The molecular formula is C23H35FN4O3. The second kappa shape index (κ2) is 9.42. The summed E-state index contributed by atoms with van der Waals surface area (Å²) >= 11 is 0. The summed E-state index contributed by atoms with van der Waals surface area (Å²) in [7, 11) is 4.15. The highest BCUT2D eigenvalue weighted by atomic mass is 19.1. The van der Waals surface area contributed by atoms with E-state index < -0.39 is 17.7 Å². The van der Waals surface area contributed by atoms with Crippen molar-refractivity contribution < 1.29 is 18.7 Å². The number of carbonyl (C=O) groups is 2. The Morgan fingerprint density at radius 1 is 1.13 bits per heavy atom. The molecule has 1 unspecified atom stereocenters. The van der Waals surface area contributed by atoms with Crippen molar-refractivity contribution in [2.75, 3.05) is 43.9 Å². The van der Waals surface area contributed by atoms with E-state index in [4.69, 9.17) is 4.74 Å². The molecule has 2 heterocycles. The van der Waals surface area contributed by atoms with E-state index in [1.807, 2.05) is 0 Å². The molecule has 2 aliphatic rings. The predicted molar refractivity (Wildman–Crippen MR) is 120 cm³/mol. The molecule has 7 nitrogen and oxygen atoms in total. The van der Waals surface area contributed by atoms with Crippen molar-refractivity contribution in [3.05, 3.63) is 24.0 Å². The van der Waals surface area contributed by atoms with Crippen LogP contribution in [0.4, 0.5) is 20.6 Å². The summed E-state index contributed by atoms with van der Waals surface area (Å²) in [6.07, 6.45) is 2.79. The predicted octanol–water partition coefficient (Wildman–Crippen LogP) is 3.69. The molecule has 3 rings (SSSR count). The third-order valence-electron chi connectivity index (χ3n) is 5.93. The molecule has 0 spiro atoms. The topological polar surface area (TPSA) is 65.1 Å². The van der Waals surface area contributed by atoms with Crippen LogP contribution in [0.15, 0.2) is 18.2 Å². The van der Waals surface area contributed by atoms with E-state index in [9.17, 15) is 14.0 Å². The second-order valence-corrected chi connectivity index (χ2v) is 9.67. The summed E-state index contributed by atoms with van der Waals surface area (Å²) in [6, 6.07) is 4.72. The van der Waals surface area contributed by atoms with E-state index in [0.717, 1.165) is 32.4 Å². The molecule has 0 aliphatic carbocycles. The van der Waals surface area contributed by atoms with Crippen molar-refractivity contribution in [3.63, 3.8) is 0 Å². The lowest BCUT2D eigenvalue weighted by Crippen LogP contribution is -2.45. The summed E-state index contributed by atoms with van der Waals surface area (Å²) in [5.74, 6) is -0.668. The number of rotatable bonds is 4. The molecule has 1 aromatic carbocycles. The van der Waals surface area contributed by atoms with E-state index in [0.29, 0.717) is 30.4 Å². The fourth-order valence-electron chi connectivity index (χ4n) is 4.27. The highest BCUT2D eigenvalue weighted by Crippen LogP contribution is 2.28. The van der Waals surface area contributed by atoms with Gasteiger partial charge >= 0.3 is 6.09 Å². The summed E-state index contributed by atoms with van der Waals surface area (Å²) < 4.78 is 20.2. The van der Waals surface area contributed by atoms with Crippen LogP contribution in [0.2, 0.25) is 0 Å². The molecule has 1 N–H and O–H groups in total. The van der Waals surface area contributed by atoms with E-state index >= 15 is 0 Å². The number of halogens is 1. The Kier molecular flexibility index (Phi) is 7.09. The fraction of sp³-hybridized carbons (Fsp3) is 0.652. The van der Waals surface area contributed by atoms with E-state index in [2.05, 4.69) is 29.2 Å². The molecule has 1 aromatic rings. The fourth-order valence-corrected chi connectivity index (χ4v) is 4.27. The Bertz CT molecular complexity index is 801. The molecule has 2 amide bonds. The zero-order valence-corrected chi connectivity index (χ0v) is 19.3. The maximum Gasteiger partial charge on any atom is 0.410 e. The minimum atomic E-state index is -0.624. The molecule has 172 valence electrons. The third-order valence-corrected chi connectivity index (χ3v) is 5.93. The molecule has 2 fully saturated rings. The van der Waals surface area contributed by atoms with Gasteiger partial charge in [-0.2, -0.15) is 0 Å². The number of amides is 2. The van der Waals surface area contributed by atoms with Gasteiger partial charge in [0.25, 0.3) is 0 Å². The molecule has 0 bridgehead atoms. The first-order valence-corrected chi connectivity index (χ1v) is 11.1. The molecule has 1 atom stereocenters. The van der Waals surface area contributed by atoms with E-state index in [-0.39, 0.29) is 11.7 Å². The molecule has 31 heavy (non-hydrogen) atoms. The Labute approximate surface area is 184 Å². The van der Waals surface area contributed by atoms with Crippen molar-refractivity contribution in [2.45, 2.75) is 64.1 Å². The SMILES string of the molecule is CN(C)C1CCN(c2ccc(NC(=O)C3CCCN3C(=O)OC(C)(C)C)cc2F)CC1. The number of piperidine rings is 1. The van der Waals surface area contributed by atoms with Gasteiger partial charge in [-0.05, 0) is 78.7 Å². The first-order valence-electron chi connectivity index (χ1n) is 11.1. The van der Waals surface area contributed by atoms with Crippen molar-refractivity contribution in [3.8, 4) is 0 Å². The van der Waals surface area contributed by atoms with Gasteiger partial charge in [0, 0.05) is 31.4 Å². The average molecular weight is 435 g/mol. The van der Waals surface area contributed by atoms with Crippen LogP contribution in [-0.2, 0) is 9.53 Å². The molecule has 2 aliphatic heterocycles. The number of anilines is 2. The number of nitrogens with one attached hydrogen (secondary N) is 1. The standard InChI is InChI=1S/C23H35FN4O3/c1-23(2,3)31-22(30)28-12-6-7-20(28)21(29)25-16-8-9-19(18(24)15-16)27-13-10-17(11-14-27)26(4)5/h8-9,15,17,20H,6-7,10-14H2,1-5H3,(H,25,29). The monoisotopic (exact) mass is 434 g/mol. The zero-order chi connectivity index (χ0) is 22.8. The zero-order valence-electron chi connectivity index (χ0n) is 19.3. The number of hydrogen-bond donors (Lipinski definition) is 1. The van der Waals surface area contributed by atoms with Crippen molar-refractivity contribution >= 4 is 23.4 Å². The Morgan fingerprint density at radius 3 is 2.39 bits per heavy atom. The van der Waals surface area contributed by atoms with Crippen LogP contribution in [0.5, 0.6) is 0 Å². The number of ether oxygens (including phenoxy) is 1. The van der Waals surface area contributed by atoms with Crippen LogP contribution in [0, 0.1) is 5.82 Å². The molecule has 2 saturated heterocycles. The van der Waals surface area contributed by atoms with Crippen LogP contribution in [-0.4, -0.2) is 73.2 Å². The van der Waals surface area contributed by atoms with Crippen molar-refractivity contribution in [1.29, 1.82) is 0 Å². The minimum Gasteiger partial charge on any atom is -0.444 e. The van der Waals surface area contributed by atoms with Crippen LogP contribution in [0.1, 0.15) is 46.5 Å². The van der Waals surface area contributed by atoms with Crippen molar-refractivity contribution in [1.82, 2.24) is 9.80 Å². The number of hydrogen-bond acceptors (Lipinski definition) is 5. The lowest BCUT2D eigenvalue weighted by Gasteiger charge is -2.36. The maximum atomic E-state index is 14.8. The lowest BCUT2D eigenvalue weighted by atomic mass is 10.0. The Morgan fingerprint density at radius 2 is 1.81 bits per heavy atom. The van der Waals surface area contributed by atoms with Gasteiger partial charge in [0.05, 0.1) is 5.69 Å². The quantitative estimate of drug-likeness (QED) is 0.783. The second-order valence-electron chi connectivity index (χ2n) is 9.67. The van der Waals surface area contributed by atoms with Crippen LogP contribution < -0.4 is 10.2 Å². The molecule has 0 saturated carbocycles. The largest absolute Gasteiger partial charge is 0.444 e. The number of likely N-dealkylation sites (tertiary alicyclic amines) is 1. The third kappa shape index (κ3) is 5.87. The van der Waals surface area contributed by atoms with Gasteiger partial charge in [-0.1, -0.05) is 0 Å². The number of nitrogens with zero attached hydrogens (tertiary/aromatic N) is 3. The van der Waals surface area contributed by atoms with Crippen LogP contribution in [0.3, 0.4) is 0 Å². The molecule has 0 aromatic heterocycles. The highest BCUT2D eigenvalue weighted by Gasteiger charge is 2.36. The molecular weight excluding hydrogens is 399 g/mol. The molecule has 8 heteroatoms. The van der Waals surface area contributed by atoms with E-state index in [1.165, 1.54) is 11.0 Å². The number of benzene rings is 1. The van der Waals surface area contributed by atoms with Crippen LogP contribution >= 0.6 is 0 Å². The normalized spacial score (nSPS) is 20.3.